The molecule has 0 unspecified atom stereocenters. The maximum Gasteiger partial charge on any atom is 0.270 e. The summed E-state index contributed by atoms with van der Waals surface area (Å²) < 4.78 is 1.97. The third kappa shape index (κ3) is 4.92. The smallest absolute Gasteiger partial charge is 0.270 e. The van der Waals surface area contributed by atoms with Crippen LogP contribution in [0.2, 0.25) is 0 Å². The van der Waals surface area contributed by atoms with Crippen molar-refractivity contribution in [2.45, 2.75) is 42.8 Å². The third-order valence-electron chi connectivity index (χ3n) is 4.14. The van der Waals surface area contributed by atoms with E-state index in [2.05, 4.69) is 15.0 Å². The fourth-order valence-corrected chi connectivity index (χ4v) is 4.01. The van der Waals surface area contributed by atoms with Crippen LogP contribution in [0.15, 0.2) is 63.7 Å². The predicted octanol–water partition coefficient (Wildman–Crippen LogP) is 5.32. The van der Waals surface area contributed by atoms with Gasteiger partial charge >= 0.3 is 0 Å². The lowest BCUT2D eigenvalue weighted by Gasteiger charge is -2.12. The zero-order valence-corrected chi connectivity index (χ0v) is 16.8. The Morgan fingerprint density at radius 3 is 2.79 bits per heavy atom. The van der Waals surface area contributed by atoms with Crippen molar-refractivity contribution in [3.8, 4) is 0 Å². The van der Waals surface area contributed by atoms with Gasteiger partial charge in [0.05, 0.1) is 29.4 Å². The van der Waals surface area contributed by atoms with Gasteiger partial charge in [0.2, 0.25) is 0 Å². The van der Waals surface area contributed by atoms with E-state index in [4.69, 9.17) is 10.5 Å². The Morgan fingerprint density at radius 2 is 2.14 bits per heavy atom. The second-order valence-electron chi connectivity index (χ2n) is 6.53. The van der Waals surface area contributed by atoms with E-state index in [1.54, 1.807) is 18.3 Å². The van der Waals surface area contributed by atoms with Gasteiger partial charge in [-0.25, -0.2) is 4.98 Å². The van der Waals surface area contributed by atoms with Crippen LogP contribution < -0.4 is 0 Å². The summed E-state index contributed by atoms with van der Waals surface area (Å²) in [5, 5.41) is 15.7. The van der Waals surface area contributed by atoms with Crippen molar-refractivity contribution in [1.29, 1.82) is 0 Å². The van der Waals surface area contributed by atoms with Crippen LogP contribution >= 0.6 is 11.8 Å². The maximum atomic E-state index is 11.1. The van der Waals surface area contributed by atoms with Gasteiger partial charge in [-0.15, -0.1) is 0 Å². The second kappa shape index (κ2) is 9.22. The molecule has 0 amide bonds. The van der Waals surface area contributed by atoms with Gasteiger partial charge in [-0.3, -0.25) is 15.1 Å². The number of hydrogen-bond acceptors (Lipinski definition) is 6. The first-order chi connectivity index (χ1) is 14.0. The first-order valence-electron chi connectivity index (χ1n) is 8.92. The highest BCUT2D eigenvalue weighted by Gasteiger charge is 2.21. The largest absolute Gasteiger partial charge is 0.316 e. The van der Waals surface area contributed by atoms with Crippen molar-refractivity contribution in [2.24, 2.45) is 5.11 Å². The van der Waals surface area contributed by atoms with Crippen LogP contribution in [-0.4, -0.2) is 19.5 Å². The van der Waals surface area contributed by atoms with Crippen LogP contribution in [-0.2, 0) is 13.1 Å². The molecule has 2 aromatic heterocycles. The van der Waals surface area contributed by atoms with Gasteiger partial charge in [-0.1, -0.05) is 42.9 Å². The summed E-state index contributed by atoms with van der Waals surface area (Å²) in [6, 6.07) is 12.2. The molecule has 0 atom stereocenters. The SMILES string of the molecule is CC(C)c1nc(CN=[N+]=[N-])n(Cc2ccccn2)c1Sc1cccc([N+](=O)[O-])c1. The number of pyridine rings is 1. The van der Waals surface area contributed by atoms with Crippen molar-refractivity contribution >= 4 is 17.4 Å². The molecule has 0 bridgehead atoms. The topological polar surface area (TPSA) is 123 Å². The maximum absolute atomic E-state index is 11.1. The van der Waals surface area contributed by atoms with Crippen LogP contribution in [0.25, 0.3) is 10.4 Å². The van der Waals surface area contributed by atoms with Gasteiger partial charge in [-0.05, 0) is 29.6 Å². The molecule has 3 aromatic rings. The fourth-order valence-electron chi connectivity index (χ4n) is 2.79. The summed E-state index contributed by atoms with van der Waals surface area (Å²) in [6.45, 7) is 4.62. The van der Waals surface area contributed by atoms with Crippen molar-refractivity contribution in [3.05, 3.63) is 86.4 Å². The molecule has 0 saturated carbocycles. The average molecular weight is 409 g/mol. The molecule has 0 aliphatic rings. The standard InChI is InChI=1S/C19H19N7O2S/c1-13(2)18-19(29-16-8-5-7-15(10-16)26(27)28)25(17(23-18)11-22-24-20)12-14-6-3-4-9-21-14/h3-10,13H,11-12H2,1-2H3. The zero-order chi connectivity index (χ0) is 20.8. The second-order valence-corrected chi connectivity index (χ2v) is 7.59. The number of aromatic nitrogens is 3. The highest BCUT2D eigenvalue weighted by atomic mass is 32.2. The number of hydrogen-bond donors (Lipinski definition) is 0. The molecule has 0 fully saturated rings. The van der Waals surface area contributed by atoms with E-state index >= 15 is 0 Å². The number of nitro groups is 1. The van der Waals surface area contributed by atoms with Crippen molar-refractivity contribution < 1.29 is 4.92 Å². The van der Waals surface area contributed by atoms with Crippen LogP contribution in [0.1, 0.15) is 37.0 Å². The first-order valence-corrected chi connectivity index (χ1v) is 9.73. The molecule has 2 heterocycles. The van der Waals surface area contributed by atoms with E-state index in [0.717, 1.165) is 21.3 Å². The Hall–Kier alpha value is -3.36. The molecule has 0 aliphatic heterocycles. The Balaban J connectivity index is 2.09. The molecule has 148 valence electrons. The molecule has 0 spiro atoms. The number of rotatable bonds is 8. The van der Waals surface area contributed by atoms with Gasteiger partial charge in [0, 0.05) is 28.1 Å². The molecule has 1 aromatic carbocycles. The highest BCUT2D eigenvalue weighted by Crippen LogP contribution is 2.36. The van der Waals surface area contributed by atoms with Gasteiger partial charge in [-0.2, -0.15) is 0 Å². The molecular weight excluding hydrogens is 390 g/mol. The van der Waals surface area contributed by atoms with E-state index < -0.39 is 4.92 Å². The van der Waals surface area contributed by atoms with Crippen LogP contribution in [0.5, 0.6) is 0 Å². The van der Waals surface area contributed by atoms with E-state index in [1.807, 2.05) is 42.7 Å². The monoisotopic (exact) mass is 409 g/mol. The van der Waals surface area contributed by atoms with E-state index in [-0.39, 0.29) is 18.2 Å². The normalized spacial score (nSPS) is 10.7. The fraction of sp³-hybridized carbons (Fsp3) is 0.263. The summed E-state index contributed by atoms with van der Waals surface area (Å²) in [4.78, 5) is 23.4. The average Bonchev–Trinajstić information content (AvgIpc) is 3.05. The van der Waals surface area contributed by atoms with Crippen LogP contribution in [0.4, 0.5) is 5.69 Å². The number of nitro benzene ring substituents is 1. The Morgan fingerprint density at radius 1 is 1.31 bits per heavy atom. The number of imidazole rings is 1. The quantitative estimate of drug-likeness (QED) is 0.164. The lowest BCUT2D eigenvalue weighted by atomic mass is 10.1. The Kier molecular flexibility index (Phi) is 6.48. The Labute approximate surface area is 171 Å². The lowest BCUT2D eigenvalue weighted by Crippen LogP contribution is -2.07. The zero-order valence-electron chi connectivity index (χ0n) is 16.0. The van der Waals surface area contributed by atoms with E-state index in [0.29, 0.717) is 12.4 Å². The number of non-ortho nitro benzene ring substituents is 1. The van der Waals surface area contributed by atoms with Crippen LogP contribution in [0.3, 0.4) is 0 Å². The van der Waals surface area contributed by atoms with E-state index in [1.165, 1.54) is 17.8 Å². The number of benzene rings is 1. The minimum Gasteiger partial charge on any atom is -0.316 e. The van der Waals surface area contributed by atoms with E-state index in [9.17, 15) is 10.1 Å². The minimum atomic E-state index is -0.411. The summed E-state index contributed by atoms with van der Waals surface area (Å²) >= 11 is 1.41. The summed E-state index contributed by atoms with van der Waals surface area (Å²) in [5.41, 5.74) is 10.5. The van der Waals surface area contributed by atoms with Gasteiger partial charge in [0.1, 0.15) is 10.9 Å². The molecule has 29 heavy (non-hydrogen) atoms. The molecular formula is C19H19N7O2S. The molecule has 0 radical (unpaired) electrons. The Bertz CT molecular complexity index is 1060. The molecule has 0 aliphatic carbocycles. The molecule has 3 rings (SSSR count). The van der Waals surface area contributed by atoms with Crippen molar-refractivity contribution in [1.82, 2.24) is 14.5 Å². The number of nitrogens with zero attached hydrogens (tertiary/aromatic N) is 7. The van der Waals surface area contributed by atoms with Crippen molar-refractivity contribution in [2.75, 3.05) is 0 Å². The van der Waals surface area contributed by atoms with Gasteiger partial charge in [0.15, 0.2) is 0 Å². The molecule has 0 saturated heterocycles. The molecule has 10 heteroatoms. The predicted molar refractivity (Wildman–Crippen MR) is 110 cm³/mol. The lowest BCUT2D eigenvalue weighted by molar-refractivity contribution is -0.385. The van der Waals surface area contributed by atoms with Gasteiger partial charge in [0.25, 0.3) is 5.69 Å². The highest BCUT2D eigenvalue weighted by molar-refractivity contribution is 7.99. The molecule has 0 N–H and O–H groups in total. The summed E-state index contributed by atoms with van der Waals surface area (Å²) in [5.74, 6) is 0.746. The first kappa shape index (κ1) is 20.4. The van der Waals surface area contributed by atoms with Gasteiger partial charge < -0.3 is 4.57 Å². The summed E-state index contributed by atoms with van der Waals surface area (Å²) in [7, 11) is 0. The van der Waals surface area contributed by atoms with Crippen molar-refractivity contribution in [3.63, 3.8) is 0 Å². The molecule has 9 nitrogen and oxygen atoms in total. The minimum absolute atomic E-state index is 0.0335. The number of azide groups is 1. The van der Waals surface area contributed by atoms with Crippen LogP contribution in [0, 0.1) is 10.1 Å². The summed E-state index contributed by atoms with van der Waals surface area (Å²) in [6.07, 6.45) is 1.72. The third-order valence-corrected chi connectivity index (χ3v) is 5.25.